The fourth-order valence-corrected chi connectivity index (χ4v) is 4.79. The number of carbonyl (C=O) groups excluding carboxylic acids is 1. The van der Waals surface area contributed by atoms with Crippen LogP contribution < -0.4 is 0 Å². The molecule has 0 unspecified atom stereocenters. The fraction of sp³-hybridized carbons (Fsp3) is 0.364. The van der Waals surface area contributed by atoms with Crippen LogP contribution in [0.5, 0.6) is 0 Å². The van der Waals surface area contributed by atoms with Crippen LogP contribution in [0.3, 0.4) is 0 Å². The summed E-state index contributed by atoms with van der Waals surface area (Å²) in [6.45, 7) is 8.08. The quantitative estimate of drug-likeness (QED) is 0.653. The Hall–Kier alpha value is -2.51. The Labute approximate surface area is 174 Å². The van der Waals surface area contributed by atoms with Crippen LogP contribution in [0.15, 0.2) is 36.4 Å². The van der Waals surface area contributed by atoms with Crippen LogP contribution >= 0.6 is 11.3 Å². The van der Waals surface area contributed by atoms with E-state index in [0.29, 0.717) is 23.5 Å². The highest BCUT2D eigenvalue weighted by molar-refractivity contribution is 7.17. The minimum absolute atomic E-state index is 0.0333. The van der Waals surface area contributed by atoms with Gasteiger partial charge in [-0.1, -0.05) is 18.2 Å². The van der Waals surface area contributed by atoms with Crippen molar-refractivity contribution in [1.82, 2.24) is 19.6 Å². The summed E-state index contributed by atoms with van der Waals surface area (Å²) in [4.78, 5) is 18.6. The second kappa shape index (κ2) is 8.08. The van der Waals surface area contributed by atoms with Gasteiger partial charge >= 0.3 is 0 Å². The average Bonchev–Trinajstić information content (AvgIpc) is 3.29. The molecule has 1 saturated heterocycles. The number of aromatic nitrogens is 2. The monoisotopic (exact) mass is 412 g/mol. The highest BCUT2D eigenvalue weighted by atomic mass is 32.1. The third kappa shape index (κ3) is 3.97. The van der Waals surface area contributed by atoms with Gasteiger partial charge in [0.1, 0.15) is 5.82 Å². The van der Waals surface area contributed by atoms with E-state index >= 15 is 0 Å². The number of benzene rings is 1. The zero-order valence-corrected chi connectivity index (χ0v) is 17.8. The maximum Gasteiger partial charge on any atom is 0.264 e. The zero-order chi connectivity index (χ0) is 20.5. The van der Waals surface area contributed by atoms with E-state index in [1.807, 2.05) is 41.8 Å². The van der Waals surface area contributed by atoms with Crippen LogP contribution in [-0.4, -0.2) is 51.7 Å². The van der Waals surface area contributed by atoms with E-state index in [0.717, 1.165) is 30.2 Å². The molecule has 1 aliphatic heterocycles. The molecule has 2 aromatic heterocycles. The average molecular weight is 413 g/mol. The minimum atomic E-state index is -0.261. The summed E-state index contributed by atoms with van der Waals surface area (Å²) in [6.07, 6.45) is 0. The van der Waals surface area contributed by atoms with Crippen molar-refractivity contribution in [2.45, 2.75) is 20.4 Å². The number of carbonyl (C=O) groups is 1. The first kappa shape index (κ1) is 19.8. The van der Waals surface area contributed by atoms with E-state index in [4.69, 9.17) is 0 Å². The third-order valence-corrected chi connectivity index (χ3v) is 6.76. The van der Waals surface area contributed by atoms with Gasteiger partial charge in [-0.05, 0) is 32.0 Å². The van der Waals surface area contributed by atoms with Crippen LogP contribution in [0.25, 0.3) is 10.4 Å². The molecule has 0 bridgehead atoms. The summed E-state index contributed by atoms with van der Waals surface area (Å²) in [6, 6.07) is 10.3. The van der Waals surface area contributed by atoms with E-state index in [1.165, 1.54) is 28.7 Å². The maximum atomic E-state index is 14.0. The number of thiophene rings is 1. The van der Waals surface area contributed by atoms with Crippen molar-refractivity contribution in [1.29, 1.82) is 0 Å². The molecule has 3 heterocycles. The van der Waals surface area contributed by atoms with Crippen molar-refractivity contribution >= 4 is 17.2 Å². The molecule has 0 aliphatic carbocycles. The van der Waals surface area contributed by atoms with Crippen molar-refractivity contribution < 1.29 is 9.18 Å². The molecule has 5 nitrogen and oxygen atoms in total. The molecule has 4 rings (SSSR count). The lowest BCUT2D eigenvalue weighted by Gasteiger charge is -2.34. The molecular weight excluding hydrogens is 387 g/mol. The number of rotatable bonds is 4. The van der Waals surface area contributed by atoms with Gasteiger partial charge < -0.3 is 4.90 Å². The van der Waals surface area contributed by atoms with Crippen LogP contribution in [0.1, 0.15) is 26.6 Å². The Morgan fingerprint density at radius 1 is 1.10 bits per heavy atom. The number of hydrogen-bond donors (Lipinski definition) is 0. The molecule has 152 valence electrons. The minimum Gasteiger partial charge on any atom is -0.335 e. The lowest BCUT2D eigenvalue weighted by atomic mass is 10.1. The fourth-order valence-electron chi connectivity index (χ4n) is 3.79. The molecule has 3 aromatic rings. The van der Waals surface area contributed by atoms with E-state index in [2.05, 4.69) is 16.9 Å². The van der Waals surface area contributed by atoms with Gasteiger partial charge in [0.25, 0.3) is 5.91 Å². The van der Waals surface area contributed by atoms with E-state index in [1.54, 1.807) is 12.1 Å². The molecule has 1 aliphatic rings. The second-order valence-electron chi connectivity index (χ2n) is 7.49. The Kier molecular flexibility index (Phi) is 5.52. The predicted octanol–water partition coefficient (Wildman–Crippen LogP) is 3.86. The molecule has 0 spiro atoms. The summed E-state index contributed by atoms with van der Waals surface area (Å²) in [5.74, 6) is -0.228. The van der Waals surface area contributed by atoms with E-state index < -0.39 is 0 Å². The van der Waals surface area contributed by atoms with Gasteiger partial charge in [0, 0.05) is 61.5 Å². The number of aryl methyl sites for hydroxylation is 2. The van der Waals surface area contributed by atoms with Gasteiger partial charge in [-0.3, -0.25) is 14.4 Å². The molecule has 7 heteroatoms. The summed E-state index contributed by atoms with van der Waals surface area (Å²) in [5.41, 5.74) is 4.09. The van der Waals surface area contributed by atoms with Crippen molar-refractivity contribution in [3.63, 3.8) is 0 Å². The number of amides is 1. The maximum absolute atomic E-state index is 14.0. The molecule has 1 aromatic carbocycles. The van der Waals surface area contributed by atoms with Gasteiger partial charge in [-0.2, -0.15) is 5.10 Å². The smallest absolute Gasteiger partial charge is 0.264 e. The molecular formula is C22H25FN4OS. The van der Waals surface area contributed by atoms with Gasteiger partial charge in [0.05, 0.1) is 10.6 Å². The first-order valence-corrected chi connectivity index (χ1v) is 10.6. The van der Waals surface area contributed by atoms with E-state index in [9.17, 15) is 9.18 Å². The Morgan fingerprint density at radius 2 is 1.83 bits per heavy atom. The second-order valence-corrected chi connectivity index (χ2v) is 8.57. The Bertz CT molecular complexity index is 1030. The number of halogens is 1. The summed E-state index contributed by atoms with van der Waals surface area (Å²) < 4.78 is 15.9. The molecule has 0 radical (unpaired) electrons. The largest absolute Gasteiger partial charge is 0.335 e. The molecule has 0 N–H and O–H groups in total. The van der Waals surface area contributed by atoms with Crippen LogP contribution in [0, 0.1) is 19.7 Å². The van der Waals surface area contributed by atoms with Crippen molar-refractivity contribution in [3.05, 3.63) is 64.0 Å². The normalized spacial score (nSPS) is 15.1. The Morgan fingerprint density at radius 3 is 2.48 bits per heavy atom. The molecule has 29 heavy (non-hydrogen) atoms. The van der Waals surface area contributed by atoms with Gasteiger partial charge in [0.2, 0.25) is 0 Å². The summed E-state index contributed by atoms with van der Waals surface area (Å²) in [5, 5.41) is 4.49. The first-order chi connectivity index (χ1) is 13.9. The van der Waals surface area contributed by atoms with Crippen LogP contribution in [0.4, 0.5) is 4.39 Å². The zero-order valence-electron chi connectivity index (χ0n) is 17.0. The molecule has 0 saturated carbocycles. The van der Waals surface area contributed by atoms with Crippen LogP contribution in [-0.2, 0) is 13.6 Å². The van der Waals surface area contributed by atoms with Gasteiger partial charge in [0.15, 0.2) is 0 Å². The molecule has 1 amide bonds. The first-order valence-electron chi connectivity index (χ1n) is 9.79. The van der Waals surface area contributed by atoms with E-state index in [-0.39, 0.29) is 11.7 Å². The highest BCUT2D eigenvalue weighted by Crippen LogP contribution is 2.30. The standard InChI is InChI=1S/C22H25FN4OS/c1-15-18(16(2)25(3)24-15)14-26-10-12-27(13-11-26)22(28)21-9-8-20(29-21)17-6-4-5-7-19(17)23/h4-9H,10-14H2,1-3H3. The third-order valence-electron chi connectivity index (χ3n) is 5.66. The van der Waals surface area contributed by atoms with Crippen molar-refractivity contribution in [3.8, 4) is 10.4 Å². The Balaban J connectivity index is 1.39. The number of piperazine rings is 1. The highest BCUT2D eigenvalue weighted by Gasteiger charge is 2.24. The number of hydrogen-bond acceptors (Lipinski definition) is 4. The number of nitrogens with zero attached hydrogens (tertiary/aromatic N) is 4. The lowest BCUT2D eigenvalue weighted by molar-refractivity contribution is 0.0632. The topological polar surface area (TPSA) is 41.4 Å². The van der Waals surface area contributed by atoms with Gasteiger partial charge in [-0.15, -0.1) is 11.3 Å². The van der Waals surface area contributed by atoms with Crippen molar-refractivity contribution in [2.24, 2.45) is 7.05 Å². The van der Waals surface area contributed by atoms with Crippen molar-refractivity contribution in [2.75, 3.05) is 26.2 Å². The van der Waals surface area contributed by atoms with Gasteiger partial charge in [-0.25, -0.2) is 4.39 Å². The SMILES string of the molecule is Cc1nn(C)c(C)c1CN1CCN(C(=O)c2ccc(-c3ccccc3F)s2)CC1. The lowest BCUT2D eigenvalue weighted by Crippen LogP contribution is -2.48. The summed E-state index contributed by atoms with van der Waals surface area (Å²) in [7, 11) is 1.97. The van der Waals surface area contributed by atoms with Crippen LogP contribution in [0.2, 0.25) is 0 Å². The molecule has 1 fully saturated rings. The molecule has 0 atom stereocenters. The predicted molar refractivity (Wildman–Crippen MR) is 114 cm³/mol. The summed E-state index contributed by atoms with van der Waals surface area (Å²) >= 11 is 1.36.